The van der Waals surface area contributed by atoms with Crippen LogP contribution in [-0.4, -0.2) is 37.2 Å². The molecule has 6 nitrogen and oxygen atoms in total. The molecule has 0 rings (SSSR count). The second kappa shape index (κ2) is 62.4. The number of allylic oxidation sites excluding steroid dienone is 12. The number of unbranched alkanes of at least 4 members (excludes halogenated alkanes) is 35. The molecule has 428 valence electrons. The smallest absolute Gasteiger partial charge is 0.306 e. The highest BCUT2D eigenvalue weighted by Gasteiger charge is 2.19. The van der Waals surface area contributed by atoms with Crippen molar-refractivity contribution in [3.05, 3.63) is 72.9 Å². The van der Waals surface area contributed by atoms with Gasteiger partial charge in [-0.25, -0.2) is 0 Å². The van der Waals surface area contributed by atoms with Crippen molar-refractivity contribution in [3.8, 4) is 0 Å². The molecule has 74 heavy (non-hydrogen) atoms. The average Bonchev–Trinajstić information content (AvgIpc) is 3.40. The largest absolute Gasteiger partial charge is 0.462 e. The molecule has 6 heteroatoms. The van der Waals surface area contributed by atoms with Gasteiger partial charge in [-0.15, -0.1) is 0 Å². The fraction of sp³-hybridized carbons (Fsp3) is 0.779. The molecule has 0 saturated carbocycles. The van der Waals surface area contributed by atoms with E-state index >= 15 is 0 Å². The van der Waals surface area contributed by atoms with Crippen LogP contribution in [0.15, 0.2) is 72.9 Å². The van der Waals surface area contributed by atoms with Crippen LogP contribution in [0, 0.1) is 0 Å². The summed E-state index contributed by atoms with van der Waals surface area (Å²) < 4.78 is 16.9. The first-order valence-corrected chi connectivity index (χ1v) is 31.9. The topological polar surface area (TPSA) is 78.9 Å². The maximum atomic E-state index is 12.9. The molecule has 1 atom stereocenters. The van der Waals surface area contributed by atoms with E-state index in [4.69, 9.17) is 14.2 Å². The summed E-state index contributed by atoms with van der Waals surface area (Å²) in [5, 5.41) is 0. The van der Waals surface area contributed by atoms with Gasteiger partial charge >= 0.3 is 17.9 Å². The summed E-state index contributed by atoms with van der Waals surface area (Å²) in [5.74, 6) is -0.926. The molecule has 0 aromatic carbocycles. The highest BCUT2D eigenvalue weighted by atomic mass is 16.6. The lowest BCUT2D eigenvalue weighted by Gasteiger charge is -2.18. The second-order valence-corrected chi connectivity index (χ2v) is 21.3. The molecule has 0 aromatic rings. The van der Waals surface area contributed by atoms with E-state index in [2.05, 4.69) is 93.7 Å². The van der Waals surface area contributed by atoms with E-state index in [1.165, 1.54) is 186 Å². The van der Waals surface area contributed by atoms with Gasteiger partial charge in [-0.05, 0) is 89.9 Å². The molecule has 0 spiro atoms. The van der Waals surface area contributed by atoms with Crippen molar-refractivity contribution >= 4 is 17.9 Å². The van der Waals surface area contributed by atoms with Crippen LogP contribution in [0.5, 0.6) is 0 Å². The summed E-state index contributed by atoms with van der Waals surface area (Å²) in [6.07, 6.45) is 80.6. The summed E-state index contributed by atoms with van der Waals surface area (Å²) in [4.78, 5) is 38.3. The Morgan fingerprint density at radius 3 is 0.878 bits per heavy atom. The molecule has 0 radical (unpaired) electrons. The third-order valence-corrected chi connectivity index (χ3v) is 13.9. The quantitative estimate of drug-likeness (QED) is 0.0261. The Labute approximate surface area is 459 Å². The molecule has 0 saturated heterocycles. The van der Waals surface area contributed by atoms with E-state index in [0.29, 0.717) is 19.3 Å². The fourth-order valence-electron chi connectivity index (χ4n) is 9.17. The molecule has 0 bridgehead atoms. The summed E-state index contributed by atoms with van der Waals surface area (Å²) >= 11 is 0. The van der Waals surface area contributed by atoms with Crippen LogP contribution in [0.25, 0.3) is 0 Å². The van der Waals surface area contributed by atoms with Crippen LogP contribution in [-0.2, 0) is 28.6 Å². The van der Waals surface area contributed by atoms with Crippen LogP contribution in [0.1, 0.15) is 323 Å². The van der Waals surface area contributed by atoms with Crippen LogP contribution in [0.2, 0.25) is 0 Å². The number of hydrogen-bond donors (Lipinski definition) is 0. The van der Waals surface area contributed by atoms with E-state index in [1.54, 1.807) is 0 Å². The van der Waals surface area contributed by atoms with Crippen LogP contribution in [0.4, 0.5) is 0 Å². The van der Waals surface area contributed by atoms with Gasteiger partial charge in [-0.1, -0.05) is 286 Å². The predicted octanol–water partition coefficient (Wildman–Crippen LogP) is 21.7. The highest BCUT2D eigenvalue weighted by molar-refractivity contribution is 5.71. The van der Waals surface area contributed by atoms with Crippen LogP contribution < -0.4 is 0 Å². The molecule has 0 heterocycles. The van der Waals surface area contributed by atoms with E-state index in [9.17, 15) is 14.4 Å². The van der Waals surface area contributed by atoms with Crippen molar-refractivity contribution in [1.29, 1.82) is 0 Å². The minimum absolute atomic E-state index is 0.0893. The number of esters is 3. The van der Waals surface area contributed by atoms with Gasteiger partial charge in [-0.2, -0.15) is 0 Å². The van der Waals surface area contributed by atoms with E-state index < -0.39 is 6.10 Å². The molecule has 0 N–H and O–H groups in total. The van der Waals surface area contributed by atoms with Gasteiger partial charge in [0.1, 0.15) is 13.2 Å². The third kappa shape index (κ3) is 59.7. The molecule has 1 unspecified atom stereocenters. The summed E-state index contributed by atoms with van der Waals surface area (Å²) in [6, 6.07) is 0. The first-order valence-electron chi connectivity index (χ1n) is 31.9. The van der Waals surface area contributed by atoms with E-state index in [0.717, 1.165) is 96.3 Å². The Bertz CT molecular complexity index is 1370. The van der Waals surface area contributed by atoms with Crippen molar-refractivity contribution in [2.45, 2.75) is 329 Å². The lowest BCUT2D eigenvalue weighted by atomic mass is 10.0. The predicted molar refractivity (Wildman–Crippen MR) is 321 cm³/mol. The maximum absolute atomic E-state index is 12.9. The minimum Gasteiger partial charge on any atom is -0.462 e. The zero-order valence-electron chi connectivity index (χ0n) is 49.1. The Kier molecular flexibility index (Phi) is 59.7. The maximum Gasteiger partial charge on any atom is 0.306 e. The van der Waals surface area contributed by atoms with Crippen molar-refractivity contribution < 1.29 is 28.6 Å². The van der Waals surface area contributed by atoms with E-state index in [1.807, 2.05) is 0 Å². The average molecular weight is 1030 g/mol. The van der Waals surface area contributed by atoms with Gasteiger partial charge in [0.25, 0.3) is 0 Å². The Morgan fingerprint density at radius 1 is 0.284 bits per heavy atom. The zero-order valence-corrected chi connectivity index (χ0v) is 49.1. The normalized spacial score (nSPS) is 12.5. The monoisotopic (exact) mass is 1030 g/mol. The van der Waals surface area contributed by atoms with Gasteiger partial charge in [-0.3, -0.25) is 14.4 Å². The molecular weight excluding hydrogens is 913 g/mol. The van der Waals surface area contributed by atoms with Crippen molar-refractivity contribution in [2.24, 2.45) is 0 Å². The Balaban J connectivity index is 4.33. The van der Waals surface area contributed by atoms with Crippen LogP contribution >= 0.6 is 0 Å². The molecule has 0 aliphatic carbocycles. The van der Waals surface area contributed by atoms with Gasteiger partial charge in [0, 0.05) is 19.3 Å². The number of hydrogen-bond acceptors (Lipinski definition) is 6. The summed E-state index contributed by atoms with van der Waals surface area (Å²) in [5.41, 5.74) is 0. The summed E-state index contributed by atoms with van der Waals surface area (Å²) in [7, 11) is 0. The zero-order chi connectivity index (χ0) is 53.6. The second-order valence-electron chi connectivity index (χ2n) is 21.3. The Hall–Kier alpha value is -3.15. The molecule has 0 fully saturated rings. The SMILES string of the molecule is CC/C=C\C/C=C\C/C=C\C/C=C\CCCCC(=O)OCC(COC(=O)CCCCCCCCCCCCCCCCCCCCCCCCCC)OC(=O)CCCCCCCCC/C=C\C/C=C\CCCCC. The van der Waals surface area contributed by atoms with Gasteiger partial charge in [0.15, 0.2) is 6.10 Å². The fourth-order valence-corrected chi connectivity index (χ4v) is 9.17. The number of carbonyl (C=O) groups is 3. The van der Waals surface area contributed by atoms with Crippen molar-refractivity contribution in [3.63, 3.8) is 0 Å². The van der Waals surface area contributed by atoms with E-state index in [-0.39, 0.29) is 31.1 Å². The van der Waals surface area contributed by atoms with Gasteiger partial charge < -0.3 is 14.2 Å². The number of carbonyl (C=O) groups excluding carboxylic acids is 3. The molecule has 0 aliphatic rings. The number of ether oxygens (including phenoxy) is 3. The minimum atomic E-state index is -0.796. The lowest BCUT2D eigenvalue weighted by molar-refractivity contribution is -0.167. The first kappa shape index (κ1) is 70.8. The lowest BCUT2D eigenvalue weighted by Crippen LogP contribution is -2.30. The van der Waals surface area contributed by atoms with Crippen LogP contribution in [0.3, 0.4) is 0 Å². The van der Waals surface area contributed by atoms with Crippen molar-refractivity contribution in [2.75, 3.05) is 13.2 Å². The van der Waals surface area contributed by atoms with Gasteiger partial charge in [0.2, 0.25) is 0 Å². The molecular formula is C68H120O6. The third-order valence-electron chi connectivity index (χ3n) is 13.9. The first-order chi connectivity index (χ1) is 36.5. The number of rotatable bonds is 58. The standard InChI is InChI=1S/C68H120O6/c1-4-7-10-13-16-19-22-25-28-30-31-32-33-34-35-36-38-40-43-46-49-52-55-58-61-67(70)73-64-65(63-72-66(69)60-57-54-51-48-45-42-39-27-24-21-18-15-12-9-6-3)74-68(71)62-59-56-53-50-47-44-41-37-29-26-23-20-17-14-11-8-5-2/h9,12,17-18,20-21,26-27,29,39,45,48,65H,4-8,10-11,13-16,19,22-25,28,30-38,40-44,46-47,49-64H2,1-3H3/b12-9-,20-17-,21-18-,29-26-,39-27-,48-45-. The summed E-state index contributed by atoms with van der Waals surface area (Å²) in [6.45, 7) is 6.50. The molecule has 0 aromatic heterocycles. The van der Waals surface area contributed by atoms with Crippen molar-refractivity contribution in [1.82, 2.24) is 0 Å². The molecule has 0 aliphatic heterocycles. The molecule has 0 amide bonds. The Morgan fingerprint density at radius 2 is 0.527 bits per heavy atom. The highest BCUT2D eigenvalue weighted by Crippen LogP contribution is 2.17. The van der Waals surface area contributed by atoms with Gasteiger partial charge in [0.05, 0.1) is 0 Å².